The minimum atomic E-state index is -0.355. The number of nitrogens with zero attached hydrogens (tertiary/aromatic N) is 2. The lowest BCUT2D eigenvalue weighted by Crippen LogP contribution is -2.50. The summed E-state index contributed by atoms with van der Waals surface area (Å²) in [5, 5.41) is 3.47. The van der Waals surface area contributed by atoms with Crippen molar-refractivity contribution in [2.24, 2.45) is 11.7 Å². The van der Waals surface area contributed by atoms with Crippen molar-refractivity contribution in [2.75, 3.05) is 30.9 Å². The van der Waals surface area contributed by atoms with E-state index >= 15 is 0 Å². The molecule has 1 aliphatic rings. The van der Waals surface area contributed by atoms with Crippen molar-refractivity contribution >= 4 is 34.9 Å². The number of halogens is 1. The molecule has 6 nitrogen and oxygen atoms in total. The number of nitrogens with two attached hydrogens (primary N) is 1. The smallest absolute Gasteiger partial charge is 0.322 e. The molecule has 0 unspecified atom stereocenters. The van der Waals surface area contributed by atoms with E-state index in [1.165, 1.54) is 0 Å². The fraction of sp³-hybridized carbons (Fsp3) is 0.500. The highest BCUT2D eigenvalue weighted by Crippen LogP contribution is 2.33. The summed E-state index contributed by atoms with van der Waals surface area (Å²) in [7, 11) is 3.73. The van der Waals surface area contributed by atoms with Gasteiger partial charge in [-0.1, -0.05) is 17.7 Å². The van der Waals surface area contributed by atoms with Gasteiger partial charge in [0.25, 0.3) is 0 Å². The second-order valence-corrected chi connectivity index (χ2v) is 6.55. The zero-order valence-electron chi connectivity index (χ0n) is 13.7. The molecule has 1 fully saturated rings. The number of primary amides is 1. The number of carbonyl (C=O) groups excluding carboxylic acids is 2. The summed E-state index contributed by atoms with van der Waals surface area (Å²) in [4.78, 5) is 27.6. The van der Waals surface area contributed by atoms with Crippen LogP contribution < -0.4 is 16.0 Å². The molecule has 0 saturated carbocycles. The normalized spacial score (nSPS) is 21.0. The summed E-state index contributed by atoms with van der Waals surface area (Å²) in [5.41, 5.74) is 6.78. The highest BCUT2D eigenvalue weighted by Gasteiger charge is 2.32. The lowest BCUT2D eigenvalue weighted by molar-refractivity contribution is -0.123. The van der Waals surface area contributed by atoms with Crippen LogP contribution in [0.4, 0.5) is 16.2 Å². The number of nitrogens with one attached hydrogen (secondary N) is 1. The molecule has 1 aromatic carbocycles. The molecule has 0 radical (unpaired) electrons. The molecular weight excluding hydrogens is 316 g/mol. The quantitative estimate of drug-likeness (QED) is 0.888. The molecule has 1 heterocycles. The number of carbonyl (C=O) groups is 2. The Kier molecular flexibility index (Phi) is 5.36. The fourth-order valence-corrected chi connectivity index (χ4v) is 3.22. The van der Waals surface area contributed by atoms with E-state index in [4.69, 9.17) is 17.3 Å². The Hall–Kier alpha value is -1.95. The van der Waals surface area contributed by atoms with Crippen LogP contribution in [0.15, 0.2) is 18.2 Å². The monoisotopic (exact) mass is 338 g/mol. The van der Waals surface area contributed by atoms with Crippen LogP contribution in [0, 0.1) is 5.92 Å². The Bertz CT molecular complexity index is 606. The van der Waals surface area contributed by atoms with E-state index in [9.17, 15) is 9.59 Å². The molecule has 126 valence electrons. The fourth-order valence-electron chi connectivity index (χ4n) is 2.88. The van der Waals surface area contributed by atoms with E-state index in [2.05, 4.69) is 5.32 Å². The van der Waals surface area contributed by atoms with E-state index < -0.39 is 0 Å². The van der Waals surface area contributed by atoms with Crippen LogP contribution in [0.1, 0.15) is 19.8 Å². The maximum absolute atomic E-state index is 12.6. The minimum absolute atomic E-state index is 0.0626. The van der Waals surface area contributed by atoms with Crippen LogP contribution in [-0.2, 0) is 4.79 Å². The molecule has 0 aliphatic carbocycles. The molecular formula is C16H23ClN4O2. The molecule has 0 aromatic heterocycles. The largest absolute Gasteiger partial charge is 0.375 e. The summed E-state index contributed by atoms with van der Waals surface area (Å²) in [6, 6.07) is 5.19. The minimum Gasteiger partial charge on any atom is -0.375 e. The van der Waals surface area contributed by atoms with Crippen molar-refractivity contribution < 1.29 is 9.59 Å². The summed E-state index contributed by atoms with van der Waals surface area (Å²) in [6.45, 7) is 2.32. The maximum atomic E-state index is 12.6. The highest BCUT2D eigenvalue weighted by atomic mass is 35.5. The Morgan fingerprint density at radius 2 is 2.04 bits per heavy atom. The molecule has 3 amide bonds. The van der Waals surface area contributed by atoms with Crippen molar-refractivity contribution in [3.8, 4) is 0 Å². The Labute approximate surface area is 141 Å². The zero-order valence-corrected chi connectivity index (χ0v) is 14.4. The maximum Gasteiger partial charge on any atom is 0.322 e. The van der Waals surface area contributed by atoms with Gasteiger partial charge in [-0.05, 0) is 31.9 Å². The molecule has 1 saturated heterocycles. The standard InChI is InChI=1S/C16H23ClN4O2/c1-10-7-8-11(15(18)22)9-21(10)16(23)19-13-6-4-5-12(17)14(13)20(2)3/h4-6,10-11H,7-9H2,1-3H3,(H2,18,22)(H,19,23)/t10-,11+/m0/s1. The third-order valence-electron chi connectivity index (χ3n) is 4.22. The molecule has 1 aliphatic heterocycles. The van der Waals surface area contributed by atoms with Crippen molar-refractivity contribution in [3.63, 3.8) is 0 Å². The van der Waals surface area contributed by atoms with Gasteiger partial charge in [-0.15, -0.1) is 0 Å². The van der Waals surface area contributed by atoms with Gasteiger partial charge >= 0.3 is 6.03 Å². The summed E-state index contributed by atoms with van der Waals surface area (Å²) < 4.78 is 0. The first-order chi connectivity index (χ1) is 10.8. The molecule has 23 heavy (non-hydrogen) atoms. The number of rotatable bonds is 3. The highest BCUT2D eigenvalue weighted by molar-refractivity contribution is 6.34. The number of hydrogen-bond donors (Lipinski definition) is 2. The van der Waals surface area contributed by atoms with Gasteiger partial charge in [0.05, 0.1) is 22.3 Å². The van der Waals surface area contributed by atoms with E-state index in [1.54, 1.807) is 23.1 Å². The molecule has 2 rings (SSSR count). The first-order valence-electron chi connectivity index (χ1n) is 7.64. The first-order valence-corrected chi connectivity index (χ1v) is 8.01. The zero-order chi connectivity index (χ0) is 17.1. The molecule has 0 spiro atoms. The summed E-state index contributed by atoms with van der Waals surface area (Å²) >= 11 is 6.22. The van der Waals surface area contributed by atoms with Crippen molar-refractivity contribution in [3.05, 3.63) is 23.2 Å². The number of urea groups is 1. The Balaban J connectivity index is 2.18. The van der Waals surface area contributed by atoms with Crippen LogP contribution in [0.5, 0.6) is 0 Å². The molecule has 7 heteroatoms. The lowest BCUT2D eigenvalue weighted by atomic mass is 9.93. The average molecular weight is 339 g/mol. The number of benzene rings is 1. The second-order valence-electron chi connectivity index (χ2n) is 6.14. The first kappa shape index (κ1) is 17.4. The van der Waals surface area contributed by atoms with Gasteiger partial charge < -0.3 is 20.9 Å². The van der Waals surface area contributed by atoms with Gasteiger partial charge in [-0.3, -0.25) is 4.79 Å². The van der Waals surface area contributed by atoms with E-state index in [0.717, 1.165) is 18.5 Å². The van der Waals surface area contributed by atoms with E-state index in [1.807, 2.05) is 25.9 Å². The summed E-state index contributed by atoms with van der Waals surface area (Å²) in [6.07, 6.45) is 1.48. The molecule has 2 atom stereocenters. The number of para-hydroxylation sites is 1. The van der Waals surface area contributed by atoms with E-state index in [0.29, 0.717) is 17.3 Å². The lowest BCUT2D eigenvalue weighted by Gasteiger charge is -2.37. The number of amides is 3. The van der Waals surface area contributed by atoms with Gasteiger partial charge in [0.2, 0.25) is 5.91 Å². The van der Waals surface area contributed by atoms with E-state index in [-0.39, 0.29) is 23.9 Å². The van der Waals surface area contributed by atoms with Crippen LogP contribution in [0.3, 0.4) is 0 Å². The third kappa shape index (κ3) is 3.88. The molecule has 0 bridgehead atoms. The van der Waals surface area contributed by atoms with Gasteiger partial charge in [-0.25, -0.2) is 4.79 Å². The predicted molar refractivity (Wildman–Crippen MR) is 92.9 cm³/mol. The SMILES string of the molecule is C[C@H]1CC[C@@H](C(N)=O)CN1C(=O)Nc1cccc(Cl)c1N(C)C. The van der Waals surface area contributed by atoms with Gasteiger partial charge in [0, 0.05) is 26.7 Å². The van der Waals surface area contributed by atoms with Crippen molar-refractivity contribution in [2.45, 2.75) is 25.8 Å². The number of piperidine rings is 1. The number of hydrogen-bond acceptors (Lipinski definition) is 3. The topological polar surface area (TPSA) is 78.7 Å². The van der Waals surface area contributed by atoms with Crippen LogP contribution in [0.2, 0.25) is 5.02 Å². The third-order valence-corrected chi connectivity index (χ3v) is 4.53. The predicted octanol–water partition coefficient (Wildman–Crippen LogP) is 2.52. The van der Waals surface area contributed by atoms with Gasteiger partial charge in [0.1, 0.15) is 0 Å². The van der Waals surface area contributed by atoms with Gasteiger partial charge in [0.15, 0.2) is 0 Å². The van der Waals surface area contributed by atoms with Crippen LogP contribution in [0.25, 0.3) is 0 Å². The second kappa shape index (κ2) is 7.08. The van der Waals surface area contributed by atoms with Gasteiger partial charge in [-0.2, -0.15) is 0 Å². The Morgan fingerprint density at radius 3 is 2.65 bits per heavy atom. The molecule has 1 aromatic rings. The molecule has 3 N–H and O–H groups in total. The van der Waals surface area contributed by atoms with Crippen LogP contribution >= 0.6 is 11.6 Å². The van der Waals surface area contributed by atoms with Crippen LogP contribution in [-0.4, -0.2) is 43.5 Å². The summed E-state index contributed by atoms with van der Waals surface area (Å²) in [5.74, 6) is -0.643. The average Bonchev–Trinajstić information content (AvgIpc) is 2.46. The number of likely N-dealkylation sites (tertiary alicyclic amines) is 1. The van der Waals surface area contributed by atoms with Crippen molar-refractivity contribution in [1.82, 2.24) is 4.90 Å². The number of anilines is 2. The van der Waals surface area contributed by atoms with Crippen molar-refractivity contribution in [1.29, 1.82) is 0 Å². The Morgan fingerprint density at radius 1 is 1.35 bits per heavy atom.